The van der Waals surface area contributed by atoms with Crippen LogP contribution in [0.3, 0.4) is 0 Å². The molecule has 5 rings (SSSR count). The Balaban J connectivity index is 1.54. The fourth-order valence-electron chi connectivity index (χ4n) is 4.00. The van der Waals surface area contributed by atoms with Crippen molar-refractivity contribution in [3.05, 3.63) is 52.9 Å². The first-order valence-electron chi connectivity index (χ1n) is 9.42. The van der Waals surface area contributed by atoms with Crippen LogP contribution in [0, 0.1) is 20.8 Å². The molecule has 4 aromatic rings. The molecule has 5 heterocycles. The number of fused-ring (bicyclic) bond motifs is 2. The van der Waals surface area contributed by atoms with E-state index in [1.54, 1.807) is 10.8 Å². The van der Waals surface area contributed by atoms with Gasteiger partial charge in [-0.25, -0.2) is 0 Å². The molecule has 8 heteroatoms. The van der Waals surface area contributed by atoms with E-state index < -0.39 is 0 Å². The van der Waals surface area contributed by atoms with E-state index >= 15 is 0 Å². The molecule has 8 nitrogen and oxygen atoms in total. The van der Waals surface area contributed by atoms with Gasteiger partial charge in [-0.3, -0.25) is 9.67 Å². The zero-order valence-electron chi connectivity index (χ0n) is 16.5. The normalized spacial score (nSPS) is 13.9. The van der Waals surface area contributed by atoms with Gasteiger partial charge in [-0.05, 0) is 32.4 Å². The topological polar surface area (TPSA) is 77.0 Å². The molecule has 0 radical (unpaired) electrons. The zero-order valence-corrected chi connectivity index (χ0v) is 16.5. The predicted octanol–water partition coefficient (Wildman–Crippen LogP) is 2.41. The fourth-order valence-corrected chi connectivity index (χ4v) is 4.00. The minimum Gasteiger partial charge on any atom is -0.350 e. The lowest BCUT2D eigenvalue weighted by atomic mass is 10.00. The second-order valence-corrected chi connectivity index (χ2v) is 7.48. The molecule has 28 heavy (non-hydrogen) atoms. The lowest BCUT2D eigenvalue weighted by molar-refractivity contribution is 0.688. The van der Waals surface area contributed by atoms with Crippen LogP contribution in [-0.4, -0.2) is 41.1 Å². The number of rotatable bonds is 2. The third-order valence-electron chi connectivity index (χ3n) is 5.63. The van der Waals surface area contributed by atoms with Crippen LogP contribution in [0.25, 0.3) is 16.8 Å². The maximum absolute atomic E-state index is 4.77. The van der Waals surface area contributed by atoms with Crippen molar-refractivity contribution in [3.8, 4) is 11.1 Å². The van der Waals surface area contributed by atoms with Gasteiger partial charge in [0, 0.05) is 66.9 Å². The predicted molar refractivity (Wildman–Crippen MR) is 106 cm³/mol. The molecule has 0 aromatic carbocycles. The van der Waals surface area contributed by atoms with Crippen LogP contribution >= 0.6 is 0 Å². The molecule has 1 aliphatic heterocycles. The highest BCUT2D eigenvalue weighted by Crippen LogP contribution is 2.30. The van der Waals surface area contributed by atoms with Crippen LogP contribution in [0.15, 0.2) is 24.8 Å². The molecule has 0 spiro atoms. The Morgan fingerprint density at radius 3 is 2.71 bits per heavy atom. The first-order valence-corrected chi connectivity index (χ1v) is 9.42. The van der Waals surface area contributed by atoms with Crippen LogP contribution < -0.4 is 4.90 Å². The SMILES string of the molecule is Cc1nn(C)cc1-c1cnc2c(c1)CN(c1nn3cnnc3c(C)c1C)CC2. The molecule has 0 atom stereocenters. The van der Waals surface area contributed by atoms with Gasteiger partial charge in [0.1, 0.15) is 6.33 Å². The van der Waals surface area contributed by atoms with E-state index in [9.17, 15) is 0 Å². The number of nitrogens with zero attached hydrogens (tertiary/aromatic N) is 8. The van der Waals surface area contributed by atoms with Gasteiger partial charge >= 0.3 is 0 Å². The van der Waals surface area contributed by atoms with Crippen molar-refractivity contribution in [2.24, 2.45) is 7.05 Å². The van der Waals surface area contributed by atoms with Crippen LogP contribution in [0.1, 0.15) is 28.1 Å². The Hall–Kier alpha value is -3.29. The van der Waals surface area contributed by atoms with Crippen molar-refractivity contribution in [2.75, 3.05) is 11.4 Å². The van der Waals surface area contributed by atoms with Gasteiger partial charge < -0.3 is 4.90 Å². The van der Waals surface area contributed by atoms with Crippen molar-refractivity contribution in [3.63, 3.8) is 0 Å². The van der Waals surface area contributed by atoms with Crippen molar-refractivity contribution >= 4 is 11.5 Å². The van der Waals surface area contributed by atoms with Gasteiger partial charge in [0.25, 0.3) is 0 Å². The summed E-state index contributed by atoms with van der Waals surface area (Å²) in [4.78, 5) is 7.07. The first-order chi connectivity index (χ1) is 13.5. The largest absolute Gasteiger partial charge is 0.350 e. The molecule has 0 N–H and O–H groups in total. The van der Waals surface area contributed by atoms with Crippen molar-refractivity contribution in [1.82, 2.24) is 34.6 Å². The minimum absolute atomic E-state index is 0.788. The van der Waals surface area contributed by atoms with E-state index in [0.29, 0.717) is 0 Å². The number of pyridine rings is 1. The standard InChI is InChI=1S/C20H22N8/c1-12-13(2)20(25-28-11-22-23-19(12)28)27-6-5-18-16(9-27)7-15(8-21-18)17-10-26(4)24-14(17)3/h7-8,10-11H,5-6,9H2,1-4H3. The number of hydrogen-bond acceptors (Lipinski definition) is 6. The molecular formula is C20H22N8. The maximum atomic E-state index is 4.77. The summed E-state index contributed by atoms with van der Waals surface area (Å²) in [6, 6.07) is 2.25. The summed E-state index contributed by atoms with van der Waals surface area (Å²) in [7, 11) is 1.95. The Morgan fingerprint density at radius 2 is 1.93 bits per heavy atom. The maximum Gasteiger partial charge on any atom is 0.180 e. The number of aromatic nitrogens is 7. The fraction of sp³-hybridized carbons (Fsp3) is 0.350. The molecule has 0 saturated carbocycles. The van der Waals surface area contributed by atoms with Crippen molar-refractivity contribution < 1.29 is 0 Å². The van der Waals surface area contributed by atoms with E-state index in [1.165, 1.54) is 11.3 Å². The minimum atomic E-state index is 0.788. The monoisotopic (exact) mass is 374 g/mol. The third kappa shape index (κ3) is 2.56. The Bertz CT molecular complexity index is 1200. The molecule has 1 aliphatic rings. The van der Waals surface area contributed by atoms with E-state index in [-0.39, 0.29) is 0 Å². The highest BCUT2D eigenvalue weighted by atomic mass is 15.4. The second-order valence-electron chi connectivity index (χ2n) is 7.48. The summed E-state index contributed by atoms with van der Waals surface area (Å²) >= 11 is 0. The molecule has 0 bridgehead atoms. The summed E-state index contributed by atoms with van der Waals surface area (Å²) in [5, 5.41) is 17.4. The van der Waals surface area contributed by atoms with Crippen LogP contribution in [0.4, 0.5) is 5.82 Å². The molecule has 142 valence electrons. The molecule has 0 saturated heterocycles. The summed E-state index contributed by atoms with van der Waals surface area (Å²) in [6.45, 7) is 7.90. The molecular weight excluding hydrogens is 352 g/mol. The van der Waals surface area contributed by atoms with E-state index in [2.05, 4.69) is 40.1 Å². The van der Waals surface area contributed by atoms with Gasteiger partial charge in [-0.1, -0.05) is 0 Å². The van der Waals surface area contributed by atoms with Gasteiger partial charge in [-0.2, -0.15) is 9.61 Å². The lowest BCUT2D eigenvalue weighted by Crippen LogP contribution is -2.32. The highest BCUT2D eigenvalue weighted by molar-refractivity contribution is 5.66. The number of hydrogen-bond donors (Lipinski definition) is 0. The lowest BCUT2D eigenvalue weighted by Gasteiger charge is -2.30. The van der Waals surface area contributed by atoms with Crippen LogP contribution in [0.5, 0.6) is 0 Å². The van der Waals surface area contributed by atoms with Gasteiger partial charge in [0.15, 0.2) is 11.5 Å². The Labute approximate surface area is 162 Å². The third-order valence-corrected chi connectivity index (χ3v) is 5.63. The highest BCUT2D eigenvalue weighted by Gasteiger charge is 2.23. The first kappa shape index (κ1) is 16.9. The summed E-state index contributed by atoms with van der Waals surface area (Å²) in [5.41, 5.74) is 8.75. The average Bonchev–Trinajstić information content (AvgIpc) is 3.29. The van der Waals surface area contributed by atoms with Gasteiger partial charge in [0.05, 0.1) is 5.69 Å². The van der Waals surface area contributed by atoms with E-state index in [1.807, 2.05) is 31.0 Å². The summed E-state index contributed by atoms with van der Waals surface area (Å²) < 4.78 is 3.61. The van der Waals surface area contributed by atoms with Gasteiger partial charge in [0.2, 0.25) is 0 Å². The van der Waals surface area contributed by atoms with Crippen LogP contribution in [-0.2, 0) is 20.0 Å². The Kier molecular flexibility index (Phi) is 3.68. The number of aryl methyl sites for hydroxylation is 3. The van der Waals surface area contributed by atoms with E-state index in [0.717, 1.165) is 58.9 Å². The van der Waals surface area contributed by atoms with Crippen molar-refractivity contribution in [1.29, 1.82) is 0 Å². The van der Waals surface area contributed by atoms with Gasteiger partial charge in [-0.15, -0.1) is 15.3 Å². The second kappa shape index (κ2) is 6.12. The van der Waals surface area contributed by atoms with E-state index in [4.69, 9.17) is 10.1 Å². The van der Waals surface area contributed by atoms with Crippen molar-refractivity contribution in [2.45, 2.75) is 33.7 Å². The smallest absolute Gasteiger partial charge is 0.180 e. The molecule has 0 aliphatic carbocycles. The van der Waals surface area contributed by atoms with Crippen LogP contribution in [0.2, 0.25) is 0 Å². The zero-order chi connectivity index (χ0) is 19.4. The Morgan fingerprint density at radius 1 is 1.07 bits per heavy atom. The molecule has 0 amide bonds. The molecule has 0 fully saturated rings. The summed E-state index contributed by atoms with van der Waals surface area (Å²) in [6.07, 6.45) is 6.58. The average molecular weight is 374 g/mol. The molecule has 0 unspecified atom stereocenters. The summed E-state index contributed by atoms with van der Waals surface area (Å²) in [5.74, 6) is 0.985. The quantitative estimate of drug-likeness (QED) is 0.536. The number of anilines is 1. The molecule has 4 aromatic heterocycles.